The van der Waals surface area contributed by atoms with E-state index in [2.05, 4.69) is 40.4 Å². The Morgan fingerprint density at radius 1 is 1.20 bits per heavy atom. The summed E-state index contributed by atoms with van der Waals surface area (Å²) in [6.07, 6.45) is 1.45. The van der Waals surface area contributed by atoms with Gasteiger partial charge in [-0.1, -0.05) is 60.1 Å². The number of para-hydroxylation sites is 1. The number of nitriles is 1. The van der Waals surface area contributed by atoms with E-state index in [0.717, 1.165) is 21.3 Å². The van der Waals surface area contributed by atoms with Crippen LogP contribution in [-0.2, 0) is 11.3 Å². The van der Waals surface area contributed by atoms with Crippen molar-refractivity contribution in [3.8, 4) is 6.07 Å². The smallest absolute Gasteiger partial charge is 0.267 e. The maximum absolute atomic E-state index is 12.4. The second kappa shape index (κ2) is 9.05. The van der Waals surface area contributed by atoms with Gasteiger partial charge in [-0.25, -0.2) is 0 Å². The fourth-order valence-electron chi connectivity index (χ4n) is 2.33. The van der Waals surface area contributed by atoms with E-state index in [4.69, 9.17) is 0 Å². The highest BCUT2D eigenvalue weighted by Gasteiger charge is 2.12. The lowest BCUT2D eigenvalue weighted by Gasteiger charge is -2.13. The van der Waals surface area contributed by atoms with E-state index in [0.29, 0.717) is 6.54 Å². The molecule has 4 nitrogen and oxygen atoms in total. The molecule has 0 unspecified atom stereocenters. The SMILES string of the molecule is CC(C)c1ccccc1NC(=O)/C(C#N)=C\NCc1ccc(Br)cc1. The fourth-order valence-corrected chi connectivity index (χ4v) is 2.59. The average molecular weight is 398 g/mol. The minimum atomic E-state index is -0.418. The van der Waals surface area contributed by atoms with Gasteiger partial charge in [0.2, 0.25) is 0 Å². The van der Waals surface area contributed by atoms with E-state index in [1.807, 2.05) is 54.6 Å². The van der Waals surface area contributed by atoms with Crippen molar-refractivity contribution in [2.75, 3.05) is 5.32 Å². The third-order valence-electron chi connectivity index (χ3n) is 3.66. The molecule has 2 aromatic rings. The first-order chi connectivity index (χ1) is 12.0. The number of carbonyl (C=O) groups excluding carboxylic acids is 1. The lowest BCUT2D eigenvalue weighted by Crippen LogP contribution is -2.17. The van der Waals surface area contributed by atoms with Crippen LogP contribution in [0.5, 0.6) is 0 Å². The van der Waals surface area contributed by atoms with E-state index in [-0.39, 0.29) is 11.5 Å². The molecule has 0 heterocycles. The lowest BCUT2D eigenvalue weighted by molar-refractivity contribution is -0.112. The predicted octanol–water partition coefficient (Wildman–Crippen LogP) is 4.71. The fraction of sp³-hybridized carbons (Fsp3) is 0.200. The number of halogens is 1. The summed E-state index contributed by atoms with van der Waals surface area (Å²) in [6, 6.07) is 17.4. The van der Waals surface area contributed by atoms with Crippen molar-refractivity contribution in [3.05, 3.63) is 75.9 Å². The second-order valence-electron chi connectivity index (χ2n) is 5.87. The summed E-state index contributed by atoms with van der Waals surface area (Å²) in [5, 5.41) is 15.1. The van der Waals surface area contributed by atoms with E-state index in [1.54, 1.807) is 0 Å². The van der Waals surface area contributed by atoms with Gasteiger partial charge in [-0.3, -0.25) is 4.79 Å². The molecule has 2 N–H and O–H groups in total. The largest absolute Gasteiger partial charge is 0.386 e. The summed E-state index contributed by atoms with van der Waals surface area (Å²) in [6.45, 7) is 4.66. The van der Waals surface area contributed by atoms with Crippen molar-refractivity contribution in [1.29, 1.82) is 5.26 Å². The van der Waals surface area contributed by atoms with Crippen molar-refractivity contribution >= 4 is 27.5 Å². The molecule has 0 aromatic heterocycles. The third-order valence-corrected chi connectivity index (χ3v) is 4.19. The Morgan fingerprint density at radius 3 is 2.52 bits per heavy atom. The summed E-state index contributed by atoms with van der Waals surface area (Å²) in [5.74, 6) is -0.138. The molecule has 0 atom stereocenters. The van der Waals surface area contributed by atoms with Crippen LogP contribution < -0.4 is 10.6 Å². The maximum atomic E-state index is 12.4. The molecule has 25 heavy (non-hydrogen) atoms. The quantitative estimate of drug-likeness (QED) is 0.547. The number of anilines is 1. The molecule has 0 saturated carbocycles. The monoisotopic (exact) mass is 397 g/mol. The van der Waals surface area contributed by atoms with Gasteiger partial charge in [-0.15, -0.1) is 0 Å². The van der Waals surface area contributed by atoms with Crippen LogP contribution in [0.3, 0.4) is 0 Å². The molecule has 0 saturated heterocycles. The molecule has 2 aromatic carbocycles. The van der Waals surface area contributed by atoms with Gasteiger partial charge in [0.05, 0.1) is 0 Å². The number of nitrogens with zero attached hydrogens (tertiary/aromatic N) is 1. The zero-order valence-corrected chi connectivity index (χ0v) is 15.8. The molecule has 0 radical (unpaired) electrons. The molecule has 0 spiro atoms. The van der Waals surface area contributed by atoms with Crippen LogP contribution in [0.15, 0.2) is 64.8 Å². The summed E-state index contributed by atoms with van der Waals surface area (Å²) in [4.78, 5) is 12.4. The molecule has 128 valence electrons. The van der Waals surface area contributed by atoms with Gasteiger partial charge in [-0.05, 0) is 35.2 Å². The number of nitrogens with one attached hydrogen (secondary N) is 2. The summed E-state index contributed by atoms with van der Waals surface area (Å²) >= 11 is 3.39. The molecule has 0 aliphatic carbocycles. The van der Waals surface area contributed by atoms with Crippen LogP contribution in [0.1, 0.15) is 30.9 Å². The molecule has 0 aliphatic rings. The van der Waals surface area contributed by atoms with Gasteiger partial charge in [0.1, 0.15) is 11.6 Å². The van der Waals surface area contributed by atoms with Gasteiger partial charge in [0, 0.05) is 22.9 Å². The molecular formula is C20H20BrN3O. The Kier molecular flexibility index (Phi) is 6.79. The highest BCUT2D eigenvalue weighted by atomic mass is 79.9. The third kappa shape index (κ3) is 5.47. The van der Waals surface area contributed by atoms with Gasteiger partial charge in [0.25, 0.3) is 5.91 Å². The first-order valence-electron chi connectivity index (χ1n) is 7.99. The van der Waals surface area contributed by atoms with Crippen LogP contribution >= 0.6 is 15.9 Å². The number of rotatable bonds is 6. The van der Waals surface area contributed by atoms with Crippen LogP contribution in [0.2, 0.25) is 0 Å². The van der Waals surface area contributed by atoms with E-state index in [1.165, 1.54) is 6.20 Å². The van der Waals surface area contributed by atoms with Crippen LogP contribution in [0.25, 0.3) is 0 Å². The van der Waals surface area contributed by atoms with Crippen molar-refractivity contribution in [2.24, 2.45) is 0 Å². The van der Waals surface area contributed by atoms with E-state index in [9.17, 15) is 10.1 Å². The molecular weight excluding hydrogens is 378 g/mol. The van der Waals surface area contributed by atoms with Crippen molar-refractivity contribution < 1.29 is 4.79 Å². The molecule has 1 amide bonds. The normalized spacial score (nSPS) is 11.1. The number of amides is 1. The number of carbonyl (C=O) groups is 1. The predicted molar refractivity (Wildman–Crippen MR) is 104 cm³/mol. The Hall–Kier alpha value is -2.58. The van der Waals surface area contributed by atoms with Crippen LogP contribution in [0.4, 0.5) is 5.69 Å². The first kappa shape index (κ1) is 18.8. The minimum absolute atomic E-state index is 0.0377. The summed E-state index contributed by atoms with van der Waals surface area (Å²) in [7, 11) is 0. The van der Waals surface area contributed by atoms with E-state index < -0.39 is 5.91 Å². The standard InChI is InChI=1S/C20H20BrN3O/c1-14(2)18-5-3-4-6-19(18)24-20(25)16(11-22)13-23-12-15-7-9-17(21)10-8-15/h3-10,13-14,23H,12H2,1-2H3,(H,24,25)/b16-13-. The Balaban J connectivity index is 2.03. The number of benzene rings is 2. The summed E-state index contributed by atoms with van der Waals surface area (Å²) in [5.41, 5.74) is 2.87. The molecule has 0 fully saturated rings. The molecule has 5 heteroatoms. The highest BCUT2D eigenvalue weighted by Crippen LogP contribution is 2.24. The first-order valence-corrected chi connectivity index (χ1v) is 8.79. The van der Waals surface area contributed by atoms with Crippen LogP contribution in [-0.4, -0.2) is 5.91 Å². The van der Waals surface area contributed by atoms with Gasteiger partial charge >= 0.3 is 0 Å². The molecule has 0 aliphatic heterocycles. The van der Waals surface area contributed by atoms with Gasteiger partial charge in [0.15, 0.2) is 0 Å². The topological polar surface area (TPSA) is 64.9 Å². The van der Waals surface area contributed by atoms with Crippen molar-refractivity contribution in [1.82, 2.24) is 5.32 Å². The number of hydrogen-bond donors (Lipinski definition) is 2. The summed E-state index contributed by atoms with van der Waals surface area (Å²) < 4.78 is 1.01. The van der Waals surface area contributed by atoms with Gasteiger partial charge in [-0.2, -0.15) is 5.26 Å². The Bertz CT molecular complexity index is 804. The highest BCUT2D eigenvalue weighted by molar-refractivity contribution is 9.10. The van der Waals surface area contributed by atoms with Crippen molar-refractivity contribution in [3.63, 3.8) is 0 Å². The lowest BCUT2D eigenvalue weighted by atomic mass is 10.0. The van der Waals surface area contributed by atoms with Gasteiger partial charge < -0.3 is 10.6 Å². The maximum Gasteiger partial charge on any atom is 0.267 e. The Labute approximate surface area is 156 Å². The average Bonchev–Trinajstić information content (AvgIpc) is 2.60. The minimum Gasteiger partial charge on any atom is -0.386 e. The molecule has 0 bridgehead atoms. The Morgan fingerprint density at radius 2 is 1.88 bits per heavy atom. The number of hydrogen-bond acceptors (Lipinski definition) is 3. The molecule has 2 rings (SSSR count). The van der Waals surface area contributed by atoms with E-state index >= 15 is 0 Å². The van der Waals surface area contributed by atoms with Crippen LogP contribution in [0, 0.1) is 11.3 Å². The zero-order chi connectivity index (χ0) is 18.2. The van der Waals surface area contributed by atoms with Crippen molar-refractivity contribution in [2.45, 2.75) is 26.3 Å². The second-order valence-corrected chi connectivity index (χ2v) is 6.79. The zero-order valence-electron chi connectivity index (χ0n) is 14.2.